The van der Waals surface area contributed by atoms with Crippen molar-refractivity contribution in [3.05, 3.63) is 47.3 Å². The minimum Gasteiger partial charge on any atom is -0.236 e. The van der Waals surface area contributed by atoms with Gasteiger partial charge in [0.1, 0.15) is 0 Å². The molecule has 18 heavy (non-hydrogen) atoms. The van der Waals surface area contributed by atoms with Crippen molar-refractivity contribution in [2.45, 2.75) is 32.6 Å². The molecule has 2 rings (SSSR count). The summed E-state index contributed by atoms with van der Waals surface area (Å²) in [6, 6.07) is 8.17. The summed E-state index contributed by atoms with van der Waals surface area (Å²) in [5.74, 6) is 1.27. The predicted octanol–water partition coefficient (Wildman–Crippen LogP) is 4.14. The summed E-state index contributed by atoms with van der Waals surface area (Å²) >= 11 is 5.92. The largest absolute Gasteiger partial charge is 0.236 e. The van der Waals surface area contributed by atoms with E-state index < -0.39 is 0 Å². The van der Waals surface area contributed by atoms with E-state index in [4.69, 9.17) is 11.6 Å². The summed E-state index contributed by atoms with van der Waals surface area (Å²) in [5.41, 5.74) is 4.39. The number of aryl methyl sites for hydroxylation is 2. The average molecular weight is 261 g/mol. The van der Waals surface area contributed by atoms with Crippen LogP contribution in [0.25, 0.3) is 11.4 Å². The molecule has 94 valence electrons. The zero-order valence-corrected chi connectivity index (χ0v) is 11.5. The van der Waals surface area contributed by atoms with Crippen LogP contribution in [0, 0.1) is 6.92 Å². The highest BCUT2D eigenvalue weighted by Crippen LogP contribution is 2.21. The van der Waals surface area contributed by atoms with Crippen LogP contribution in [-0.2, 0) is 12.3 Å². The van der Waals surface area contributed by atoms with E-state index in [9.17, 15) is 0 Å². The Morgan fingerprint density at radius 1 is 1.22 bits per heavy atom. The van der Waals surface area contributed by atoms with Gasteiger partial charge < -0.3 is 0 Å². The molecule has 0 bridgehead atoms. The Labute approximate surface area is 113 Å². The van der Waals surface area contributed by atoms with E-state index in [1.165, 1.54) is 5.56 Å². The lowest BCUT2D eigenvalue weighted by atomic mass is 10.1. The second-order valence-electron chi connectivity index (χ2n) is 4.36. The molecule has 0 radical (unpaired) electrons. The van der Waals surface area contributed by atoms with Crippen molar-refractivity contribution in [3.8, 4) is 11.4 Å². The van der Waals surface area contributed by atoms with Crippen LogP contribution in [0.2, 0.25) is 0 Å². The number of nitrogens with zero attached hydrogens (tertiary/aromatic N) is 2. The molecule has 0 atom stereocenters. The summed E-state index contributed by atoms with van der Waals surface area (Å²) < 4.78 is 0. The van der Waals surface area contributed by atoms with Crippen molar-refractivity contribution >= 4 is 11.6 Å². The number of halogens is 1. The average Bonchev–Trinajstić information content (AvgIpc) is 2.40. The predicted molar refractivity (Wildman–Crippen MR) is 75.8 cm³/mol. The highest BCUT2D eigenvalue weighted by molar-refractivity contribution is 6.17. The molecule has 3 heteroatoms. The first-order chi connectivity index (χ1) is 8.76. The number of rotatable bonds is 4. The smallest absolute Gasteiger partial charge is 0.159 e. The summed E-state index contributed by atoms with van der Waals surface area (Å²) in [6.07, 6.45) is 3.87. The molecule has 1 heterocycles. The molecule has 0 amide bonds. The van der Waals surface area contributed by atoms with Crippen LogP contribution in [0.5, 0.6) is 0 Å². The van der Waals surface area contributed by atoms with Crippen LogP contribution in [0.1, 0.15) is 30.2 Å². The van der Waals surface area contributed by atoms with Crippen molar-refractivity contribution < 1.29 is 0 Å². The van der Waals surface area contributed by atoms with E-state index >= 15 is 0 Å². The minimum absolute atomic E-state index is 0.476. The third-order valence-corrected chi connectivity index (χ3v) is 3.26. The molecule has 0 unspecified atom stereocenters. The lowest BCUT2D eigenvalue weighted by molar-refractivity contribution is 0.859. The van der Waals surface area contributed by atoms with Crippen molar-refractivity contribution in [2.75, 3.05) is 0 Å². The van der Waals surface area contributed by atoms with E-state index in [1.54, 1.807) is 0 Å². The van der Waals surface area contributed by atoms with E-state index in [2.05, 4.69) is 35.9 Å². The molecular weight excluding hydrogens is 244 g/mol. The highest BCUT2D eigenvalue weighted by Gasteiger charge is 2.09. The van der Waals surface area contributed by atoms with Gasteiger partial charge in [-0.1, -0.05) is 37.6 Å². The van der Waals surface area contributed by atoms with Crippen LogP contribution in [0.4, 0.5) is 0 Å². The molecule has 0 saturated heterocycles. The van der Waals surface area contributed by atoms with Crippen molar-refractivity contribution in [1.29, 1.82) is 0 Å². The van der Waals surface area contributed by atoms with Crippen LogP contribution in [0.3, 0.4) is 0 Å². The van der Waals surface area contributed by atoms with Gasteiger partial charge in [0.2, 0.25) is 0 Å². The topological polar surface area (TPSA) is 25.8 Å². The Bertz CT molecular complexity index is 538. The second-order valence-corrected chi connectivity index (χ2v) is 4.63. The van der Waals surface area contributed by atoms with Gasteiger partial charge in [-0.15, -0.1) is 11.6 Å². The van der Waals surface area contributed by atoms with Gasteiger partial charge in [0, 0.05) is 23.0 Å². The van der Waals surface area contributed by atoms with Gasteiger partial charge in [-0.3, -0.25) is 0 Å². The minimum atomic E-state index is 0.476. The summed E-state index contributed by atoms with van der Waals surface area (Å²) in [7, 11) is 0. The van der Waals surface area contributed by atoms with Gasteiger partial charge in [0.15, 0.2) is 5.82 Å². The van der Waals surface area contributed by atoms with Gasteiger partial charge in [0.05, 0.1) is 5.88 Å². The van der Waals surface area contributed by atoms with Crippen LogP contribution in [0.15, 0.2) is 30.5 Å². The lowest BCUT2D eigenvalue weighted by Crippen LogP contribution is -2.01. The Hall–Kier alpha value is -1.41. The molecule has 1 aromatic heterocycles. The zero-order chi connectivity index (χ0) is 13.0. The molecule has 0 aliphatic rings. The van der Waals surface area contributed by atoms with Gasteiger partial charge in [-0.05, 0) is 18.9 Å². The zero-order valence-electron chi connectivity index (χ0n) is 10.8. The second kappa shape index (κ2) is 5.96. The van der Waals surface area contributed by atoms with Crippen molar-refractivity contribution in [1.82, 2.24) is 9.97 Å². The van der Waals surface area contributed by atoms with Crippen molar-refractivity contribution in [2.24, 2.45) is 0 Å². The SMILES string of the molecule is CCCc1nc(-c2ccccc2C)ncc1CCl. The van der Waals surface area contributed by atoms with Crippen LogP contribution < -0.4 is 0 Å². The Kier molecular flexibility index (Phi) is 4.32. The molecule has 2 aromatic rings. The number of hydrogen-bond donors (Lipinski definition) is 0. The maximum Gasteiger partial charge on any atom is 0.159 e. The fourth-order valence-corrected chi connectivity index (χ4v) is 2.18. The van der Waals surface area contributed by atoms with Gasteiger partial charge in [-0.2, -0.15) is 0 Å². The lowest BCUT2D eigenvalue weighted by Gasteiger charge is -2.09. The fraction of sp³-hybridized carbons (Fsp3) is 0.333. The molecule has 1 aromatic carbocycles. The molecule has 2 nitrogen and oxygen atoms in total. The molecule has 0 saturated carbocycles. The Morgan fingerprint density at radius 3 is 2.67 bits per heavy atom. The molecule has 0 aliphatic carbocycles. The maximum absolute atomic E-state index is 5.92. The van der Waals surface area contributed by atoms with Gasteiger partial charge in [0.25, 0.3) is 0 Å². The molecule has 0 spiro atoms. The van der Waals surface area contributed by atoms with E-state index in [0.717, 1.165) is 35.5 Å². The number of alkyl halides is 1. The molecule has 0 fully saturated rings. The summed E-state index contributed by atoms with van der Waals surface area (Å²) in [5, 5.41) is 0. The molecular formula is C15H17ClN2. The fourth-order valence-electron chi connectivity index (χ4n) is 1.96. The Morgan fingerprint density at radius 2 is 2.00 bits per heavy atom. The molecule has 0 aliphatic heterocycles. The van der Waals surface area contributed by atoms with Crippen LogP contribution in [-0.4, -0.2) is 9.97 Å². The highest BCUT2D eigenvalue weighted by atomic mass is 35.5. The molecule has 0 N–H and O–H groups in total. The maximum atomic E-state index is 5.92. The third-order valence-electron chi connectivity index (χ3n) is 2.97. The number of hydrogen-bond acceptors (Lipinski definition) is 2. The Balaban J connectivity index is 2.47. The number of aromatic nitrogens is 2. The van der Waals surface area contributed by atoms with Crippen LogP contribution >= 0.6 is 11.6 Å². The normalized spacial score (nSPS) is 10.6. The van der Waals surface area contributed by atoms with Gasteiger partial charge >= 0.3 is 0 Å². The van der Waals surface area contributed by atoms with E-state index in [0.29, 0.717) is 5.88 Å². The first-order valence-corrected chi connectivity index (χ1v) is 6.76. The first-order valence-electron chi connectivity index (χ1n) is 6.23. The summed E-state index contributed by atoms with van der Waals surface area (Å²) in [4.78, 5) is 9.10. The first kappa shape index (κ1) is 13.0. The third kappa shape index (κ3) is 2.70. The quantitative estimate of drug-likeness (QED) is 0.772. The van der Waals surface area contributed by atoms with E-state index in [-0.39, 0.29) is 0 Å². The monoisotopic (exact) mass is 260 g/mol. The van der Waals surface area contributed by atoms with E-state index in [1.807, 2.05) is 18.3 Å². The van der Waals surface area contributed by atoms with Crippen molar-refractivity contribution in [3.63, 3.8) is 0 Å². The summed E-state index contributed by atoms with van der Waals surface area (Å²) in [6.45, 7) is 4.22. The number of benzene rings is 1. The van der Waals surface area contributed by atoms with Gasteiger partial charge in [-0.25, -0.2) is 9.97 Å². The standard InChI is InChI=1S/C15H17ClN2/c1-3-6-14-12(9-16)10-17-15(18-14)13-8-5-4-7-11(13)2/h4-5,7-8,10H,3,6,9H2,1-2H3.